The van der Waals surface area contributed by atoms with Crippen LogP contribution in [-0.4, -0.2) is 68.9 Å². The van der Waals surface area contributed by atoms with Gasteiger partial charge in [-0.2, -0.15) is 4.31 Å². The number of benzene rings is 2. The number of hydrogen-bond donors (Lipinski definition) is 0. The van der Waals surface area contributed by atoms with Crippen molar-refractivity contribution < 1.29 is 31.9 Å². The van der Waals surface area contributed by atoms with Crippen molar-refractivity contribution in [3.05, 3.63) is 59.4 Å². The summed E-state index contributed by atoms with van der Waals surface area (Å²) in [6.45, 7) is 3.86. The monoisotopic (exact) mass is 478 g/mol. The quantitative estimate of drug-likeness (QED) is 0.541. The van der Waals surface area contributed by atoms with Crippen LogP contribution in [0.5, 0.6) is 5.75 Å². The number of ether oxygens (including phenoxy) is 2. The van der Waals surface area contributed by atoms with E-state index in [-0.39, 0.29) is 49.9 Å². The van der Waals surface area contributed by atoms with Gasteiger partial charge in [-0.05, 0) is 37.6 Å². The third-order valence-electron chi connectivity index (χ3n) is 5.30. The summed E-state index contributed by atoms with van der Waals surface area (Å²) in [5.74, 6) is -1.53. The number of piperazine rings is 1. The predicted octanol–water partition coefficient (Wildman–Crippen LogP) is 2.29. The van der Waals surface area contributed by atoms with E-state index in [4.69, 9.17) is 9.47 Å². The van der Waals surface area contributed by atoms with E-state index in [0.29, 0.717) is 5.56 Å². The molecular formula is C23H27FN2O6S. The maximum atomic E-state index is 13.5. The van der Waals surface area contributed by atoms with Crippen molar-refractivity contribution in [1.29, 1.82) is 0 Å². The third kappa shape index (κ3) is 6.29. The lowest BCUT2D eigenvalue weighted by molar-refractivity contribution is -0.152. The van der Waals surface area contributed by atoms with E-state index < -0.39 is 34.3 Å². The second kappa shape index (κ2) is 10.8. The highest BCUT2D eigenvalue weighted by Gasteiger charge is 2.31. The number of halogens is 1. The Morgan fingerprint density at radius 3 is 2.39 bits per heavy atom. The molecule has 33 heavy (non-hydrogen) atoms. The number of amides is 1. The highest BCUT2D eigenvalue weighted by Crippen LogP contribution is 2.22. The first-order chi connectivity index (χ1) is 15.7. The number of sulfonamides is 1. The van der Waals surface area contributed by atoms with E-state index >= 15 is 0 Å². The number of para-hydroxylation sites is 1. The molecule has 0 spiro atoms. The molecule has 1 saturated heterocycles. The molecule has 8 nitrogen and oxygen atoms in total. The van der Waals surface area contributed by atoms with Crippen molar-refractivity contribution in [3.8, 4) is 5.75 Å². The highest BCUT2D eigenvalue weighted by atomic mass is 32.2. The molecule has 1 aliphatic rings. The Kier molecular flexibility index (Phi) is 8.04. The molecule has 0 saturated carbocycles. The largest absolute Gasteiger partial charge is 0.490 e. The van der Waals surface area contributed by atoms with Gasteiger partial charge in [-0.1, -0.05) is 29.8 Å². The molecule has 0 unspecified atom stereocenters. The van der Waals surface area contributed by atoms with Crippen LogP contribution < -0.4 is 4.74 Å². The van der Waals surface area contributed by atoms with Crippen LogP contribution in [0.2, 0.25) is 0 Å². The number of esters is 1. The minimum atomic E-state index is -3.65. The fourth-order valence-corrected chi connectivity index (χ4v) is 5.15. The summed E-state index contributed by atoms with van der Waals surface area (Å²) in [7, 11) is -3.65. The molecule has 1 fully saturated rings. The molecule has 0 aromatic heterocycles. The van der Waals surface area contributed by atoms with E-state index in [1.165, 1.54) is 27.4 Å². The Hall–Kier alpha value is -2.98. The van der Waals surface area contributed by atoms with Gasteiger partial charge in [-0.25, -0.2) is 12.8 Å². The van der Waals surface area contributed by atoms with Gasteiger partial charge in [-0.15, -0.1) is 0 Å². The topological polar surface area (TPSA) is 93.2 Å². The summed E-state index contributed by atoms with van der Waals surface area (Å²) in [4.78, 5) is 25.9. The Labute approximate surface area is 192 Å². The Morgan fingerprint density at radius 2 is 1.73 bits per heavy atom. The Balaban J connectivity index is 1.42. The number of carbonyl (C=O) groups is 2. The molecule has 1 heterocycles. The van der Waals surface area contributed by atoms with Crippen molar-refractivity contribution in [2.75, 3.05) is 39.4 Å². The van der Waals surface area contributed by atoms with Crippen LogP contribution in [0.3, 0.4) is 0 Å². The number of hydrogen-bond acceptors (Lipinski definition) is 6. The minimum absolute atomic E-state index is 0.0371. The second-order valence-corrected chi connectivity index (χ2v) is 9.65. The van der Waals surface area contributed by atoms with Crippen LogP contribution in [0.25, 0.3) is 0 Å². The van der Waals surface area contributed by atoms with Crippen LogP contribution in [0.4, 0.5) is 4.39 Å². The number of nitrogens with zero attached hydrogens (tertiary/aromatic N) is 2. The fraction of sp³-hybridized carbons (Fsp3) is 0.391. The zero-order valence-electron chi connectivity index (χ0n) is 18.6. The van der Waals surface area contributed by atoms with Crippen LogP contribution in [0.1, 0.15) is 17.5 Å². The van der Waals surface area contributed by atoms with E-state index in [1.54, 1.807) is 25.1 Å². The molecule has 1 amide bonds. The molecule has 0 atom stereocenters. The summed E-state index contributed by atoms with van der Waals surface area (Å²) in [6, 6.07) is 11.0. The van der Waals surface area contributed by atoms with E-state index in [0.717, 1.165) is 5.56 Å². The van der Waals surface area contributed by atoms with Crippen molar-refractivity contribution in [2.45, 2.75) is 25.2 Å². The average molecular weight is 479 g/mol. The lowest BCUT2D eigenvalue weighted by Gasteiger charge is -2.34. The molecule has 10 heteroatoms. The Morgan fingerprint density at radius 1 is 1.03 bits per heavy atom. The molecule has 2 aromatic carbocycles. The summed E-state index contributed by atoms with van der Waals surface area (Å²) < 4.78 is 50.9. The van der Waals surface area contributed by atoms with Gasteiger partial charge in [0.25, 0.3) is 5.91 Å². The zero-order valence-corrected chi connectivity index (χ0v) is 19.4. The van der Waals surface area contributed by atoms with Gasteiger partial charge >= 0.3 is 5.97 Å². The summed E-state index contributed by atoms with van der Waals surface area (Å²) in [6.07, 6.45) is -0.135. The SMILES string of the molecule is Cc1ccc(S(=O)(=O)N2CCN(C(=O)COC(=O)CCOc3ccccc3F)CC2)c(C)c1. The number of aryl methyl sites for hydroxylation is 2. The van der Waals surface area contributed by atoms with Crippen LogP contribution in [0.15, 0.2) is 47.4 Å². The van der Waals surface area contributed by atoms with Crippen molar-refractivity contribution in [3.63, 3.8) is 0 Å². The predicted molar refractivity (Wildman–Crippen MR) is 119 cm³/mol. The van der Waals surface area contributed by atoms with Gasteiger partial charge in [0.1, 0.15) is 0 Å². The fourth-order valence-electron chi connectivity index (χ4n) is 3.52. The lowest BCUT2D eigenvalue weighted by atomic mass is 10.2. The standard InChI is InChI=1S/C23H27FN2O6S/c1-17-7-8-21(18(2)15-17)33(29,30)26-12-10-25(11-13-26)22(27)16-32-23(28)9-14-31-20-6-4-3-5-19(20)24/h3-8,15H,9-14,16H2,1-2H3. The zero-order chi connectivity index (χ0) is 24.0. The van der Waals surface area contributed by atoms with Crippen LogP contribution in [-0.2, 0) is 24.3 Å². The summed E-state index contributed by atoms with van der Waals surface area (Å²) in [5.41, 5.74) is 1.66. The first-order valence-corrected chi connectivity index (χ1v) is 12.0. The number of carbonyl (C=O) groups excluding carboxylic acids is 2. The molecule has 1 aliphatic heterocycles. The summed E-state index contributed by atoms with van der Waals surface area (Å²) >= 11 is 0. The van der Waals surface area contributed by atoms with Crippen molar-refractivity contribution in [2.24, 2.45) is 0 Å². The van der Waals surface area contributed by atoms with Crippen LogP contribution >= 0.6 is 0 Å². The molecule has 0 N–H and O–H groups in total. The molecule has 0 bridgehead atoms. The molecule has 0 aliphatic carbocycles. The smallest absolute Gasteiger partial charge is 0.309 e. The normalized spacial score (nSPS) is 14.7. The first-order valence-electron chi connectivity index (χ1n) is 10.6. The van der Waals surface area contributed by atoms with E-state index in [9.17, 15) is 22.4 Å². The maximum Gasteiger partial charge on any atom is 0.309 e. The van der Waals surface area contributed by atoms with Gasteiger partial charge in [-0.3, -0.25) is 9.59 Å². The first kappa shape index (κ1) is 24.7. The van der Waals surface area contributed by atoms with Crippen molar-refractivity contribution in [1.82, 2.24) is 9.21 Å². The van der Waals surface area contributed by atoms with Gasteiger partial charge < -0.3 is 14.4 Å². The van der Waals surface area contributed by atoms with Crippen LogP contribution in [0, 0.1) is 19.7 Å². The Bertz CT molecular complexity index is 1110. The molecular weight excluding hydrogens is 451 g/mol. The lowest BCUT2D eigenvalue weighted by Crippen LogP contribution is -2.51. The molecule has 2 aromatic rings. The number of rotatable bonds is 8. The molecule has 3 rings (SSSR count). The van der Waals surface area contributed by atoms with Crippen molar-refractivity contribution >= 4 is 21.9 Å². The third-order valence-corrected chi connectivity index (χ3v) is 7.36. The van der Waals surface area contributed by atoms with Gasteiger partial charge in [0, 0.05) is 26.2 Å². The average Bonchev–Trinajstić information content (AvgIpc) is 2.78. The molecule has 0 radical (unpaired) electrons. The maximum absolute atomic E-state index is 13.5. The van der Waals surface area contributed by atoms with Gasteiger partial charge in [0.05, 0.1) is 17.9 Å². The summed E-state index contributed by atoms with van der Waals surface area (Å²) in [5, 5.41) is 0. The van der Waals surface area contributed by atoms with Gasteiger partial charge in [0.2, 0.25) is 10.0 Å². The second-order valence-electron chi connectivity index (χ2n) is 7.74. The molecule has 178 valence electrons. The van der Waals surface area contributed by atoms with E-state index in [2.05, 4.69) is 0 Å². The minimum Gasteiger partial charge on any atom is -0.490 e. The van der Waals surface area contributed by atoms with Gasteiger partial charge in [0.15, 0.2) is 18.2 Å². The van der Waals surface area contributed by atoms with E-state index in [1.807, 2.05) is 13.0 Å². The highest BCUT2D eigenvalue weighted by molar-refractivity contribution is 7.89.